The molecule has 0 radical (unpaired) electrons. The second-order valence-electron chi connectivity index (χ2n) is 10.6. The Kier molecular flexibility index (Phi) is 7.98. The van der Waals surface area contributed by atoms with Gasteiger partial charge in [0.15, 0.2) is 0 Å². The van der Waals surface area contributed by atoms with Gasteiger partial charge in [-0.3, -0.25) is 28.1 Å². The molecule has 1 amide bonds. The zero-order valence-corrected chi connectivity index (χ0v) is 25.7. The van der Waals surface area contributed by atoms with Crippen LogP contribution < -0.4 is 27.4 Å². The molecule has 11 nitrogen and oxygen atoms in total. The molecule has 1 fully saturated rings. The SMILES string of the molecule is Cc1c(=O)n(C)c(Nc2ccc(I)cc2F)c2c(=O)n(C3CC3)c(=O)n(-c3ccc(O)c(NC(=O)CCN(C)C)c3)c12. The molecular weight excluding hydrogens is 658 g/mol. The number of carbonyl (C=O) groups is 1. The summed E-state index contributed by atoms with van der Waals surface area (Å²) in [5.41, 5.74) is -1.23. The van der Waals surface area contributed by atoms with Gasteiger partial charge in [-0.2, -0.15) is 0 Å². The van der Waals surface area contributed by atoms with Gasteiger partial charge >= 0.3 is 5.69 Å². The molecule has 4 aromatic rings. The van der Waals surface area contributed by atoms with E-state index in [9.17, 15) is 28.7 Å². The van der Waals surface area contributed by atoms with Crippen LogP contribution in [-0.2, 0) is 11.8 Å². The standard InChI is InChI=1S/C29H30FIN6O5/c1-15-25-24(26(35(4)27(15)40)33-20-9-5-16(31)13-19(20)30)28(41)37(17-6-7-17)29(42)36(25)18-8-10-22(38)21(14-18)32-23(39)11-12-34(2)3/h5,8-10,13-14,17,33,38H,6-7,11-12H2,1-4H3,(H,32,39). The summed E-state index contributed by atoms with van der Waals surface area (Å²) in [6, 6.07) is 8.41. The number of halogens is 2. The van der Waals surface area contributed by atoms with Gasteiger partial charge in [-0.25, -0.2) is 9.18 Å². The number of pyridine rings is 1. The monoisotopic (exact) mass is 688 g/mol. The molecule has 42 heavy (non-hydrogen) atoms. The first-order chi connectivity index (χ1) is 19.9. The highest BCUT2D eigenvalue weighted by atomic mass is 127. The molecule has 1 aliphatic rings. The van der Waals surface area contributed by atoms with Gasteiger partial charge in [-0.05, 0) is 92.8 Å². The first-order valence-electron chi connectivity index (χ1n) is 13.3. The van der Waals surface area contributed by atoms with Gasteiger partial charge in [0.1, 0.15) is 22.8 Å². The maximum absolute atomic E-state index is 14.9. The molecule has 220 valence electrons. The summed E-state index contributed by atoms with van der Waals surface area (Å²) in [7, 11) is 5.14. The second-order valence-corrected chi connectivity index (χ2v) is 11.9. The van der Waals surface area contributed by atoms with E-state index < -0.39 is 22.6 Å². The fourth-order valence-electron chi connectivity index (χ4n) is 4.87. The van der Waals surface area contributed by atoms with Crippen molar-refractivity contribution in [3.63, 3.8) is 0 Å². The smallest absolute Gasteiger partial charge is 0.336 e. The summed E-state index contributed by atoms with van der Waals surface area (Å²) >= 11 is 1.98. The largest absolute Gasteiger partial charge is 0.506 e. The van der Waals surface area contributed by atoms with Crippen molar-refractivity contribution in [2.75, 3.05) is 31.3 Å². The summed E-state index contributed by atoms with van der Waals surface area (Å²) in [6.07, 6.45) is 1.43. The van der Waals surface area contributed by atoms with Gasteiger partial charge < -0.3 is 20.6 Å². The maximum Gasteiger partial charge on any atom is 0.336 e. The van der Waals surface area contributed by atoms with Crippen LogP contribution in [0.3, 0.4) is 0 Å². The van der Waals surface area contributed by atoms with Crippen LogP contribution >= 0.6 is 22.6 Å². The van der Waals surface area contributed by atoms with Crippen molar-refractivity contribution in [1.29, 1.82) is 0 Å². The Balaban J connectivity index is 1.79. The average Bonchev–Trinajstić information content (AvgIpc) is 3.76. The lowest BCUT2D eigenvalue weighted by atomic mass is 10.1. The van der Waals surface area contributed by atoms with E-state index in [1.165, 1.54) is 53.4 Å². The van der Waals surface area contributed by atoms with E-state index in [1.54, 1.807) is 6.07 Å². The summed E-state index contributed by atoms with van der Waals surface area (Å²) in [5, 5.41) is 16.1. The molecule has 0 saturated heterocycles. The third-order valence-corrected chi connectivity index (χ3v) is 7.91. The highest BCUT2D eigenvalue weighted by Gasteiger charge is 2.32. The molecule has 0 aliphatic heterocycles. The Hall–Kier alpha value is -3.98. The third kappa shape index (κ3) is 5.45. The van der Waals surface area contributed by atoms with Crippen LogP contribution in [0.15, 0.2) is 50.8 Å². The molecule has 0 atom stereocenters. The molecule has 5 rings (SSSR count). The zero-order valence-electron chi connectivity index (χ0n) is 23.5. The summed E-state index contributed by atoms with van der Waals surface area (Å²) in [6.45, 7) is 2.00. The number of phenols is 1. The minimum atomic E-state index is -0.659. The number of phenolic OH excluding ortho intramolecular Hbond substituents is 1. The van der Waals surface area contributed by atoms with Crippen LogP contribution in [0.25, 0.3) is 16.6 Å². The number of amides is 1. The lowest BCUT2D eigenvalue weighted by Gasteiger charge is -2.21. The van der Waals surface area contributed by atoms with Crippen LogP contribution in [0, 0.1) is 16.3 Å². The van der Waals surface area contributed by atoms with Crippen LogP contribution in [0.1, 0.15) is 30.9 Å². The number of aromatic hydroxyl groups is 1. The molecule has 2 aromatic carbocycles. The van der Waals surface area contributed by atoms with Crippen molar-refractivity contribution in [3.05, 3.63) is 82.5 Å². The molecule has 13 heteroatoms. The third-order valence-electron chi connectivity index (χ3n) is 7.24. The van der Waals surface area contributed by atoms with Gasteiger partial charge in [0.05, 0.1) is 22.6 Å². The molecule has 0 spiro atoms. The Morgan fingerprint density at radius 2 is 1.81 bits per heavy atom. The van der Waals surface area contributed by atoms with Gasteiger partial charge in [-0.15, -0.1) is 0 Å². The predicted molar refractivity (Wildman–Crippen MR) is 168 cm³/mol. The Morgan fingerprint density at radius 1 is 1.10 bits per heavy atom. The van der Waals surface area contributed by atoms with Gasteiger partial charge in [0.25, 0.3) is 11.1 Å². The van der Waals surface area contributed by atoms with Crippen molar-refractivity contribution >= 4 is 56.6 Å². The number of benzene rings is 2. The fraction of sp³-hybridized carbons (Fsp3) is 0.310. The first kappa shape index (κ1) is 29.5. The molecule has 0 bridgehead atoms. The minimum Gasteiger partial charge on any atom is -0.506 e. The number of aromatic nitrogens is 3. The van der Waals surface area contributed by atoms with E-state index in [-0.39, 0.29) is 63.5 Å². The average molecular weight is 688 g/mol. The van der Waals surface area contributed by atoms with Crippen molar-refractivity contribution in [2.24, 2.45) is 7.05 Å². The number of anilines is 3. The fourth-order valence-corrected chi connectivity index (χ4v) is 5.33. The zero-order chi connectivity index (χ0) is 30.5. The minimum absolute atomic E-state index is 0.0312. The molecule has 0 unspecified atom stereocenters. The van der Waals surface area contributed by atoms with Crippen molar-refractivity contribution in [1.82, 2.24) is 18.6 Å². The lowest BCUT2D eigenvalue weighted by molar-refractivity contribution is -0.116. The number of hydrogen-bond donors (Lipinski definition) is 3. The van der Waals surface area contributed by atoms with E-state index in [0.717, 1.165) is 4.57 Å². The van der Waals surface area contributed by atoms with Gasteiger partial charge in [0, 0.05) is 35.2 Å². The molecular formula is C29H30FIN6O5. The Bertz CT molecular complexity index is 1930. The van der Waals surface area contributed by atoms with E-state index >= 15 is 0 Å². The van der Waals surface area contributed by atoms with Gasteiger partial charge in [-0.1, -0.05) is 0 Å². The van der Waals surface area contributed by atoms with Crippen LogP contribution in [0.2, 0.25) is 0 Å². The van der Waals surface area contributed by atoms with Gasteiger partial charge in [0.2, 0.25) is 5.91 Å². The number of nitrogens with zero attached hydrogens (tertiary/aromatic N) is 4. The van der Waals surface area contributed by atoms with Crippen LogP contribution in [0.4, 0.5) is 21.6 Å². The highest BCUT2D eigenvalue weighted by molar-refractivity contribution is 14.1. The van der Waals surface area contributed by atoms with Crippen LogP contribution in [0.5, 0.6) is 5.75 Å². The molecule has 2 heterocycles. The van der Waals surface area contributed by atoms with Crippen molar-refractivity contribution in [2.45, 2.75) is 32.2 Å². The predicted octanol–water partition coefficient (Wildman–Crippen LogP) is 3.58. The normalized spacial score (nSPS) is 13.1. The van der Waals surface area contributed by atoms with Crippen LogP contribution in [-0.4, -0.2) is 50.3 Å². The Labute approximate surface area is 253 Å². The van der Waals surface area contributed by atoms with E-state index in [4.69, 9.17) is 0 Å². The highest BCUT2D eigenvalue weighted by Crippen LogP contribution is 2.35. The number of aryl methyl sites for hydroxylation is 1. The topological polar surface area (TPSA) is 131 Å². The number of nitrogens with one attached hydrogen (secondary N) is 2. The molecule has 1 saturated carbocycles. The van der Waals surface area contributed by atoms with Crippen molar-refractivity contribution < 1.29 is 14.3 Å². The van der Waals surface area contributed by atoms with E-state index in [2.05, 4.69) is 10.6 Å². The lowest BCUT2D eigenvalue weighted by Crippen LogP contribution is -2.41. The number of carbonyl (C=O) groups excluding carboxylic acids is 1. The summed E-state index contributed by atoms with van der Waals surface area (Å²) < 4.78 is 19.2. The van der Waals surface area contributed by atoms with E-state index in [1.807, 2.05) is 41.6 Å². The second kappa shape index (κ2) is 11.4. The molecule has 1 aliphatic carbocycles. The summed E-state index contributed by atoms with van der Waals surface area (Å²) in [5.74, 6) is -1.10. The maximum atomic E-state index is 14.9. The van der Waals surface area contributed by atoms with Crippen molar-refractivity contribution in [3.8, 4) is 11.4 Å². The Morgan fingerprint density at radius 3 is 2.45 bits per heavy atom. The summed E-state index contributed by atoms with van der Waals surface area (Å²) in [4.78, 5) is 55.8. The number of rotatable bonds is 8. The number of fused-ring (bicyclic) bond motifs is 1. The number of hydrogen-bond acceptors (Lipinski definition) is 7. The quantitative estimate of drug-likeness (QED) is 0.191. The molecule has 2 aromatic heterocycles. The first-order valence-corrected chi connectivity index (χ1v) is 14.4. The molecule has 3 N–H and O–H groups in total. The van der Waals surface area contributed by atoms with E-state index in [0.29, 0.717) is 23.0 Å².